The van der Waals surface area contributed by atoms with Crippen molar-refractivity contribution in [1.82, 2.24) is 4.98 Å². The molecule has 0 saturated carbocycles. The van der Waals surface area contributed by atoms with Crippen LogP contribution in [0.3, 0.4) is 0 Å². The Morgan fingerprint density at radius 3 is 2.34 bits per heavy atom. The lowest BCUT2D eigenvalue weighted by Gasteiger charge is -2.11. The maximum absolute atomic E-state index is 12.5. The molecule has 3 aromatic rings. The maximum Gasteiger partial charge on any atom is 0.263 e. The van der Waals surface area contributed by atoms with Crippen LogP contribution in [-0.2, 0) is 21.2 Å². The molecule has 0 aliphatic heterocycles. The van der Waals surface area contributed by atoms with Gasteiger partial charge in [0.1, 0.15) is 17.2 Å². The molecule has 0 spiro atoms. The number of carbonyl (C=O) groups excluding carboxylic acids is 1. The van der Waals surface area contributed by atoms with Crippen LogP contribution >= 0.6 is 11.3 Å². The minimum atomic E-state index is -3.77. The summed E-state index contributed by atoms with van der Waals surface area (Å²) in [7, 11) is 0.791. The van der Waals surface area contributed by atoms with Gasteiger partial charge in [-0.25, -0.2) is 13.4 Å². The van der Waals surface area contributed by atoms with E-state index in [1.54, 1.807) is 42.8 Å². The largest absolute Gasteiger partial charge is 0.497 e. The molecule has 0 bridgehead atoms. The number of sulfonamides is 1. The van der Waals surface area contributed by atoms with Crippen molar-refractivity contribution in [3.63, 3.8) is 0 Å². The zero-order valence-electron chi connectivity index (χ0n) is 17.7. The van der Waals surface area contributed by atoms with Gasteiger partial charge in [-0.1, -0.05) is 0 Å². The summed E-state index contributed by atoms with van der Waals surface area (Å²) in [6.07, 6.45) is 0.522. The molecule has 11 heteroatoms. The van der Waals surface area contributed by atoms with E-state index in [1.165, 1.54) is 26.4 Å². The number of aromatic nitrogens is 1. The first-order chi connectivity index (χ1) is 15.3. The van der Waals surface area contributed by atoms with Gasteiger partial charge in [0.15, 0.2) is 5.13 Å². The van der Waals surface area contributed by atoms with Crippen molar-refractivity contribution >= 4 is 38.1 Å². The second-order valence-electron chi connectivity index (χ2n) is 6.54. The van der Waals surface area contributed by atoms with E-state index >= 15 is 0 Å². The van der Waals surface area contributed by atoms with Crippen molar-refractivity contribution in [2.75, 3.05) is 31.4 Å². The standard InChI is InChI=1S/C21H23N3O6S2/c1-28-15-5-8-17(9-6-15)32(26,27)24-21-22-14(13-31-21)4-11-20(25)23-18-10-7-16(29-2)12-19(18)30-3/h5-10,12-13H,4,11H2,1-3H3,(H,22,24)(H,23,25). The minimum absolute atomic E-state index is 0.0999. The highest BCUT2D eigenvalue weighted by atomic mass is 32.2. The number of hydrogen-bond donors (Lipinski definition) is 2. The summed E-state index contributed by atoms with van der Waals surface area (Å²) >= 11 is 1.15. The Kier molecular flexibility index (Phi) is 7.54. The van der Waals surface area contributed by atoms with Gasteiger partial charge in [0.2, 0.25) is 5.91 Å². The topological polar surface area (TPSA) is 116 Å². The Morgan fingerprint density at radius 1 is 1.00 bits per heavy atom. The van der Waals surface area contributed by atoms with Crippen molar-refractivity contribution < 1.29 is 27.4 Å². The molecule has 0 atom stereocenters. The molecule has 9 nitrogen and oxygen atoms in total. The van der Waals surface area contributed by atoms with Crippen LogP contribution < -0.4 is 24.2 Å². The summed E-state index contributed by atoms with van der Waals surface area (Å²) in [6, 6.07) is 11.1. The number of hydrogen-bond acceptors (Lipinski definition) is 8. The first-order valence-electron chi connectivity index (χ1n) is 9.48. The highest BCUT2D eigenvalue weighted by Crippen LogP contribution is 2.29. The van der Waals surface area contributed by atoms with Crippen LogP contribution in [0.5, 0.6) is 17.2 Å². The van der Waals surface area contributed by atoms with E-state index in [1.807, 2.05) is 0 Å². The molecule has 0 unspecified atom stereocenters. The van der Waals surface area contributed by atoms with Crippen molar-refractivity contribution in [3.05, 3.63) is 53.5 Å². The van der Waals surface area contributed by atoms with E-state index in [4.69, 9.17) is 14.2 Å². The van der Waals surface area contributed by atoms with E-state index < -0.39 is 10.0 Å². The molecule has 0 aliphatic carbocycles. The molecule has 1 heterocycles. The molecular weight excluding hydrogens is 454 g/mol. The lowest BCUT2D eigenvalue weighted by atomic mass is 10.2. The predicted molar refractivity (Wildman–Crippen MR) is 122 cm³/mol. The first kappa shape index (κ1) is 23.4. The van der Waals surface area contributed by atoms with Crippen LogP contribution in [0, 0.1) is 0 Å². The van der Waals surface area contributed by atoms with E-state index in [2.05, 4.69) is 15.0 Å². The molecule has 32 heavy (non-hydrogen) atoms. The highest BCUT2D eigenvalue weighted by molar-refractivity contribution is 7.93. The number of anilines is 2. The Balaban J connectivity index is 1.57. The lowest BCUT2D eigenvalue weighted by molar-refractivity contribution is -0.116. The molecule has 0 fully saturated rings. The quantitative estimate of drug-likeness (QED) is 0.459. The molecule has 3 rings (SSSR count). The highest BCUT2D eigenvalue weighted by Gasteiger charge is 2.17. The summed E-state index contributed by atoms with van der Waals surface area (Å²) in [6.45, 7) is 0. The van der Waals surface area contributed by atoms with Crippen molar-refractivity contribution in [3.8, 4) is 17.2 Å². The van der Waals surface area contributed by atoms with Crippen LogP contribution in [-0.4, -0.2) is 40.6 Å². The summed E-state index contributed by atoms with van der Waals surface area (Å²) in [5.74, 6) is 1.45. The van der Waals surface area contributed by atoms with Crippen LogP contribution in [0.4, 0.5) is 10.8 Å². The molecule has 170 valence electrons. The number of thiazole rings is 1. The van der Waals surface area contributed by atoms with Gasteiger partial charge in [0.05, 0.1) is 37.6 Å². The Labute approximate surface area is 190 Å². The van der Waals surface area contributed by atoms with Crippen molar-refractivity contribution in [1.29, 1.82) is 0 Å². The van der Waals surface area contributed by atoms with Crippen LogP contribution in [0.25, 0.3) is 0 Å². The number of benzene rings is 2. The molecule has 2 aromatic carbocycles. The van der Waals surface area contributed by atoms with Gasteiger partial charge in [-0.2, -0.15) is 0 Å². The summed E-state index contributed by atoms with van der Waals surface area (Å²) in [5.41, 5.74) is 1.14. The number of amides is 1. The number of nitrogens with zero attached hydrogens (tertiary/aromatic N) is 1. The number of rotatable bonds is 10. The van der Waals surface area contributed by atoms with Gasteiger partial charge in [0, 0.05) is 17.9 Å². The monoisotopic (exact) mass is 477 g/mol. The molecular formula is C21H23N3O6S2. The molecule has 0 saturated heterocycles. The molecule has 2 N–H and O–H groups in total. The Bertz CT molecular complexity index is 1180. The van der Waals surface area contributed by atoms with Gasteiger partial charge in [-0.05, 0) is 42.8 Å². The minimum Gasteiger partial charge on any atom is -0.497 e. The number of methoxy groups -OCH3 is 3. The number of aryl methyl sites for hydroxylation is 1. The van der Waals surface area contributed by atoms with Gasteiger partial charge in [-0.3, -0.25) is 9.52 Å². The summed E-state index contributed by atoms with van der Waals surface area (Å²) in [5, 5.41) is 4.74. The normalized spacial score (nSPS) is 11.0. The van der Waals surface area contributed by atoms with E-state index in [0.29, 0.717) is 35.1 Å². The third-order valence-electron chi connectivity index (χ3n) is 4.43. The number of carbonyl (C=O) groups is 1. The fourth-order valence-corrected chi connectivity index (χ4v) is 4.75. The maximum atomic E-state index is 12.5. The zero-order valence-corrected chi connectivity index (χ0v) is 19.4. The third kappa shape index (κ3) is 5.89. The summed E-state index contributed by atoms with van der Waals surface area (Å²) < 4.78 is 42.9. The number of nitrogens with one attached hydrogen (secondary N) is 2. The Hall–Kier alpha value is -3.31. The van der Waals surface area contributed by atoms with Gasteiger partial charge >= 0.3 is 0 Å². The average molecular weight is 478 g/mol. The molecule has 0 aliphatic rings. The summed E-state index contributed by atoms with van der Waals surface area (Å²) in [4.78, 5) is 16.7. The molecule has 0 radical (unpaired) electrons. The van der Waals surface area contributed by atoms with Crippen LogP contribution in [0.1, 0.15) is 12.1 Å². The van der Waals surface area contributed by atoms with E-state index in [-0.39, 0.29) is 22.4 Å². The van der Waals surface area contributed by atoms with Gasteiger partial charge in [0.25, 0.3) is 10.0 Å². The lowest BCUT2D eigenvalue weighted by Crippen LogP contribution is -2.14. The van der Waals surface area contributed by atoms with Crippen LogP contribution in [0.15, 0.2) is 52.7 Å². The fraction of sp³-hybridized carbons (Fsp3) is 0.238. The average Bonchev–Trinajstić information content (AvgIpc) is 3.24. The predicted octanol–water partition coefficient (Wildman–Crippen LogP) is 3.54. The van der Waals surface area contributed by atoms with E-state index in [9.17, 15) is 13.2 Å². The van der Waals surface area contributed by atoms with E-state index in [0.717, 1.165) is 11.3 Å². The first-order valence-corrected chi connectivity index (χ1v) is 11.8. The SMILES string of the molecule is COc1ccc(S(=O)(=O)Nc2nc(CCC(=O)Nc3ccc(OC)cc3OC)cs2)cc1. The second-order valence-corrected chi connectivity index (χ2v) is 9.08. The number of ether oxygens (including phenoxy) is 3. The Morgan fingerprint density at radius 2 is 1.69 bits per heavy atom. The molecule has 1 amide bonds. The zero-order chi connectivity index (χ0) is 23.1. The van der Waals surface area contributed by atoms with Crippen LogP contribution in [0.2, 0.25) is 0 Å². The fourth-order valence-electron chi connectivity index (χ4n) is 2.75. The van der Waals surface area contributed by atoms with Gasteiger partial charge in [-0.15, -0.1) is 11.3 Å². The smallest absolute Gasteiger partial charge is 0.263 e. The van der Waals surface area contributed by atoms with Crippen molar-refractivity contribution in [2.45, 2.75) is 17.7 Å². The third-order valence-corrected chi connectivity index (χ3v) is 6.72. The molecule has 1 aromatic heterocycles. The second kappa shape index (κ2) is 10.3. The van der Waals surface area contributed by atoms with Crippen molar-refractivity contribution in [2.24, 2.45) is 0 Å². The van der Waals surface area contributed by atoms with Gasteiger partial charge < -0.3 is 19.5 Å².